The highest BCUT2D eigenvalue weighted by Crippen LogP contribution is 2.46. The van der Waals surface area contributed by atoms with Gasteiger partial charge in [-0.25, -0.2) is 9.97 Å². The topological polar surface area (TPSA) is 96.6 Å². The van der Waals surface area contributed by atoms with E-state index >= 15 is 0 Å². The lowest BCUT2D eigenvalue weighted by atomic mass is 10.0. The molecule has 3 heterocycles. The van der Waals surface area contributed by atoms with Gasteiger partial charge in [-0.05, 0) is 49.8 Å². The van der Waals surface area contributed by atoms with Gasteiger partial charge in [0.25, 0.3) is 0 Å². The van der Waals surface area contributed by atoms with Crippen molar-refractivity contribution in [1.82, 2.24) is 14.9 Å². The smallest absolute Gasteiger partial charge is 0.225 e. The minimum atomic E-state index is -0.126. The van der Waals surface area contributed by atoms with Crippen molar-refractivity contribution in [3.8, 4) is 6.07 Å². The zero-order chi connectivity index (χ0) is 23.8. The summed E-state index contributed by atoms with van der Waals surface area (Å²) in [4.78, 5) is 27.9. The van der Waals surface area contributed by atoms with Crippen LogP contribution in [0.1, 0.15) is 49.3 Å². The second-order valence-corrected chi connectivity index (χ2v) is 9.84. The van der Waals surface area contributed by atoms with Crippen molar-refractivity contribution in [1.29, 1.82) is 5.26 Å². The molecule has 0 aromatic carbocycles. The number of carbonyl (C=O) groups excluding carboxylic acids is 1. The lowest BCUT2D eigenvalue weighted by Gasteiger charge is -2.42. The van der Waals surface area contributed by atoms with Gasteiger partial charge in [-0.3, -0.25) is 4.79 Å². The highest BCUT2D eigenvalue weighted by atomic mass is 35.5. The van der Waals surface area contributed by atoms with Crippen LogP contribution in [0.3, 0.4) is 0 Å². The zero-order valence-electron chi connectivity index (χ0n) is 19.3. The number of anilines is 3. The summed E-state index contributed by atoms with van der Waals surface area (Å²) in [6, 6.07) is 8.12. The van der Waals surface area contributed by atoms with E-state index in [-0.39, 0.29) is 25.0 Å². The molecule has 1 saturated heterocycles. The van der Waals surface area contributed by atoms with Crippen LogP contribution >= 0.6 is 11.6 Å². The van der Waals surface area contributed by atoms with Gasteiger partial charge >= 0.3 is 0 Å². The number of aliphatic hydroxyl groups excluding tert-OH is 1. The molecule has 3 fully saturated rings. The predicted octanol–water partition coefficient (Wildman–Crippen LogP) is 3.46. The Hall–Kier alpha value is -2.89. The molecular weight excluding hydrogens is 452 g/mol. The van der Waals surface area contributed by atoms with Crippen LogP contribution in [0.5, 0.6) is 0 Å². The van der Waals surface area contributed by atoms with E-state index in [1.165, 1.54) is 0 Å². The normalized spacial score (nSPS) is 20.2. The molecule has 34 heavy (non-hydrogen) atoms. The minimum Gasteiger partial charge on any atom is -0.396 e. The van der Waals surface area contributed by atoms with Crippen molar-refractivity contribution in [2.45, 2.75) is 44.1 Å². The number of pyridine rings is 2. The Kier molecular flexibility index (Phi) is 6.32. The first-order valence-electron chi connectivity index (χ1n) is 12.0. The van der Waals surface area contributed by atoms with E-state index in [1.54, 1.807) is 12.3 Å². The highest BCUT2D eigenvalue weighted by Gasteiger charge is 2.41. The van der Waals surface area contributed by atoms with Crippen molar-refractivity contribution < 1.29 is 9.90 Å². The Morgan fingerprint density at radius 2 is 2.09 bits per heavy atom. The Morgan fingerprint density at radius 1 is 1.29 bits per heavy atom. The van der Waals surface area contributed by atoms with Crippen molar-refractivity contribution in [2.24, 2.45) is 5.92 Å². The third-order valence-electron chi connectivity index (χ3n) is 7.08. The molecule has 1 atom stereocenters. The molecule has 1 N–H and O–H groups in total. The minimum absolute atomic E-state index is 0.0131. The molecule has 1 aliphatic heterocycles. The van der Waals surface area contributed by atoms with E-state index in [0.717, 1.165) is 42.8 Å². The number of amides is 1. The third-order valence-corrected chi connectivity index (χ3v) is 7.29. The van der Waals surface area contributed by atoms with Crippen LogP contribution in [-0.2, 0) is 4.79 Å². The summed E-state index contributed by atoms with van der Waals surface area (Å²) < 4.78 is 0. The number of aliphatic hydroxyl groups is 1. The fourth-order valence-corrected chi connectivity index (χ4v) is 5.10. The molecule has 2 aromatic rings. The maximum absolute atomic E-state index is 12.6. The lowest BCUT2D eigenvalue weighted by Crippen LogP contribution is -2.56. The number of nitrogens with zero attached hydrogens (tertiary/aromatic N) is 6. The average molecular weight is 481 g/mol. The Bertz CT molecular complexity index is 1130. The number of halogens is 1. The van der Waals surface area contributed by atoms with Gasteiger partial charge in [-0.2, -0.15) is 5.26 Å². The van der Waals surface area contributed by atoms with E-state index in [1.807, 2.05) is 29.0 Å². The van der Waals surface area contributed by atoms with E-state index < -0.39 is 0 Å². The van der Waals surface area contributed by atoms with Crippen molar-refractivity contribution in [3.63, 3.8) is 0 Å². The number of piperazine rings is 1. The molecule has 3 aliphatic rings. The van der Waals surface area contributed by atoms with Gasteiger partial charge in [0.15, 0.2) is 0 Å². The average Bonchev–Trinajstić information content (AvgIpc) is 3.76. The molecule has 1 amide bonds. The van der Waals surface area contributed by atoms with E-state index in [2.05, 4.69) is 16.0 Å². The molecule has 5 rings (SSSR count). The Labute approximate surface area is 204 Å². The number of carbonyl (C=O) groups is 1. The first-order chi connectivity index (χ1) is 16.5. The molecule has 2 aromatic heterocycles. The second-order valence-electron chi connectivity index (χ2n) is 9.46. The van der Waals surface area contributed by atoms with Gasteiger partial charge in [0.2, 0.25) is 5.91 Å². The van der Waals surface area contributed by atoms with E-state index in [9.17, 15) is 15.2 Å². The Morgan fingerprint density at radius 3 is 2.74 bits per heavy atom. The van der Waals surface area contributed by atoms with Gasteiger partial charge in [0.1, 0.15) is 17.0 Å². The largest absolute Gasteiger partial charge is 0.396 e. The quantitative estimate of drug-likeness (QED) is 0.606. The van der Waals surface area contributed by atoms with Gasteiger partial charge in [-0.1, -0.05) is 11.6 Å². The van der Waals surface area contributed by atoms with Crippen LogP contribution in [-0.4, -0.2) is 65.2 Å². The number of rotatable bonds is 7. The summed E-state index contributed by atoms with van der Waals surface area (Å²) in [6.45, 7) is 1.76. The summed E-state index contributed by atoms with van der Waals surface area (Å²) in [6.07, 6.45) is 6.25. The maximum atomic E-state index is 12.6. The SMILES string of the molecule is CN(c1ccnc(Cl)c1)c1cc(C#N)c(N2CCN(C(=O)CCO)[C@H](C3CC3)C2)nc1C1CC1. The summed E-state index contributed by atoms with van der Waals surface area (Å²) in [7, 11) is 1.96. The van der Waals surface area contributed by atoms with Gasteiger partial charge in [0.05, 0.1) is 29.6 Å². The molecule has 0 bridgehead atoms. The predicted molar refractivity (Wildman–Crippen MR) is 130 cm³/mol. The van der Waals surface area contributed by atoms with Gasteiger partial charge in [0, 0.05) is 50.9 Å². The number of hydrogen-bond acceptors (Lipinski definition) is 7. The number of hydrogen-bond donors (Lipinski definition) is 1. The number of aromatic nitrogens is 2. The monoisotopic (exact) mass is 480 g/mol. The first kappa shape index (κ1) is 22.9. The van der Waals surface area contributed by atoms with Crippen molar-refractivity contribution in [3.05, 3.63) is 40.8 Å². The van der Waals surface area contributed by atoms with Crippen LogP contribution in [0.15, 0.2) is 24.4 Å². The molecular formula is C25H29ClN6O2. The molecule has 8 nitrogen and oxygen atoms in total. The summed E-state index contributed by atoms with van der Waals surface area (Å²) in [5.74, 6) is 1.60. The van der Waals surface area contributed by atoms with Crippen LogP contribution in [0.2, 0.25) is 5.15 Å². The molecule has 2 aliphatic carbocycles. The number of nitriles is 1. The standard InChI is InChI=1S/C25H29ClN6O2/c1-30(19-6-8-28-22(26)13-19)20-12-18(14-27)25(29-24(20)17-4-5-17)31-9-10-32(23(34)7-11-33)21(15-31)16-2-3-16/h6,8,12-13,16-17,21,33H,2-5,7,9-11,15H2,1H3/t21-/m0/s1. The van der Waals surface area contributed by atoms with Crippen LogP contribution in [0.4, 0.5) is 17.2 Å². The molecule has 0 spiro atoms. The first-order valence-corrected chi connectivity index (χ1v) is 12.3. The Balaban J connectivity index is 1.47. The molecule has 0 unspecified atom stereocenters. The van der Waals surface area contributed by atoms with E-state index in [0.29, 0.717) is 48.0 Å². The van der Waals surface area contributed by atoms with Gasteiger partial charge in [-0.15, -0.1) is 0 Å². The highest BCUT2D eigenvalue weighted by molar-refractivity contribution is 6.29. The van der Waals surface area contributed by atoms with Crippen LogP contribution in [0, 0.1) is 17.2 Å². The van der Waals surface area contributed by atoms with Gasteiger partial charge < -0.3 is 19.8 Å². The van der Waals surface area contributed by atoms with Crippen molar-refractivity contribution in [2.75, 3.05) is 43.1 Å². The third kappa shape index (κ3) is 4.55. The molecule has 2 saturated carbocycles. The summed E-state index contributed by atoms with van der Waals surface area (Å²) in [5, 5.41) is 19.7. The second kappa shape index (κ2) is 9.40. The van der Waals surface area contributed by atoms with Crippen molar-refractivity contribution >= 4 is 34.7 Å². The zero-order valence-corrected chi connectivity index (χ0v) is 20.1. The molecule has 9 heteroatoms. The van der Waals surface area contributed by atoms with Crippen LogP contribution in [0.25, 0.3) is 0 Å². The summed E-state index contributed by atoms with van der Waals surface area (Å²) in [5.41, 5.74) is 3.35. The fraction of sp³-hybridized carbons (Fsp3) is 0.520. The molecule has 0 radical (unpaired) electrons. The fourth-order valence-electron chi connectivity index (χ4n) is 4.93. The molecule has 178 valence electrons. The van der Waals surface area contributed by atoms with E-state index in [4.69, 9.17) is 16.6 Å². The maximum Gasteiger partial charge on any atom is 0.225 e. The summed E-state index contributed by atoms with van der Waals surface area (Å²) >= 11 is 6.12. The van der Waals surface area contributed by atoms with Crippen LogP contribution < -0.4 is 9.80 Å². The lowest BCUT2D eigenvalue weighted by molar-refractivity contribution is -0.135.